The van der Waals surface area contributed by atoms with Crippen molar-refractivity contribution in [2.75, 3.05) is 26.1 Å². The Morgan fingerprint density at radius 1 is 1.12 bits per heavy atom. The standard InChI is InChI=1S/C19H26N4O3/c1-5-6-7-10-20-19(24)16-12-18(22-13(2)21-16)23-15-11-14(25-3)8-9-17(15)26-4/h8-9,11-12H,5-7,10H2,1-4H3,(H,20,24)(H,21,22,23). The molecule has 1 aromatic heterocycles. The fraction of sp³-hybridized carbons (Fsp3) is 0.421. The van der Waals surface area contributed by atoms with Crippen LogP contribution in [0.2, 0.25) is 0 Å². The number of hydrogen-bond donors (Lipinski definition) is 2. The SMILES string of the molecule is CCCCCNC(=O)c1cc(Nc2cc(OC)ccc2OC)nc(C)n1. The quantitative estimate of drug-likeness (QED) is 0.668. The largest absolute Gasteiger partial charge is 0.497 e. The minimum atomic E-state index is -0.202. The molecular formula is C19H26N4O3. The Morgan fingerprint density at radius 3 is 2.62 bits per heavy atom. The van der Waals surface area contributed by atoms with Crippen LogP contribution in [0.4, 0.5) is 11.5 Å². The highest BCUT2D eigenvalue weighted by molar-refractivity contribution is 5.93. The van der Waals surface area contributed by atoms with Gasteiger partial charge < -0.3 is 20.1 Å². The number of unbranched alkanes of at least 4 members (excludes halogenated alkanes) is 2. The molecule has 2 aromatic rings. The zero-order valence-corrected chi connectivity index (χ0v) is 15.8. The van der Waals surface area contributed by atoms with Gasteiger partial charge in [0.05, 0.1) is 19.9 Å². The monoisotopic (exact) mass is 358 g/mol. The Balaban J connectivity index is 2.18. The Labute approximate surface area is 154 Å². The van der Waals surface area contributed by atoms with Crippen LogP contribution in [0.5, 0.6) is 11.5 Å². The van der Waals surface area contributed by atoms with Crippen molar-refractivity contribution in [2.45, 2.75) is 33.1 Å². The summed E-state index contributed by atoms with van der Waals surface area (Å²) in [5.74, 6) is 2.16. The molecule has 7 heteroatoms. The van der Waals surface area contributed by atoms with Gasteiger partial charge in [-0.1, -0.05) is 19.8 Å². The maximum Gasteiger partial charge on any atom is 0.270 e. The van der Waals surface area contributed by atoms with Gasteiger partial charge in [0.15, 0.2) is 0 Å². The number of benzene rings is 1. The zero-order chi connectivity index (χ0) is 18.9. The number of aryl methyl sites for hydroxylation is 1. The van der Waals surface area contributed by atoms with Crippen molar-refractivity contribution in [1.82, 2.24) is 15.3 Å². The van der Waals surface area contributed by atoms with Crippen LogP contribution in [0.3, 0.4) is 0 Å². The van der Waals surface area contributed by atoms with Crippen LogP contribution < -0.4 is 20.1 Å². The lowest BCUT2D eigenvalue weighted by Crippen LogP contribution is -2.25. The van der Waals surface area contributed by atoms with Gasteiger partial charge in [0, 0.05) is 18.7 Å². The van der Waals surface area contributed by atoms with E-state index in [1.165, 1.54) is 0 Å². The Hall–Kier alpha value is -2.83. The van der Waals surface area contributed by atoms with Gasteiger partial charge in [0.2, 0.25) is 0 Å². The van der Waals surface area contributed by atoms with Crippen LogP contribution in [0.25, 0.3) is 0 Å². The minimum absolute atomic E-state index is 0.202. The molecule has 0 fully saturated rings. The molecule has 26 heavy (non-hydrogen) atoms. The fourth-order valence-corrected chi connectivity index (χ4v) is 2.47. The Kier molecular flexibility index (Phi) is 7.20. The maximum absolute atomic E-state index is 12.3. The topological polar surface area (TPSA) is 85.4 Å². The number of nitrogens with one attached hydrogen (secondary N) is 2. The molecule has 1 aromatic carbocycles. The minimum Gasteiger partial charge on any atom is -0.497 e. The lowest BCUT2D eigenvalue weighted by atomic mass is 10.2. The summed E-state index contributed by atoms with van der Waals surface area (Å²) in [5, 5.41) is 6.07. The molecule has 140 valence electrons. The predicted molar refractivity (Wildman–Crippen MR) is 101 cm³/mol. The van der Waals surface area contributed by atoms with Gasteiger partial charge in [0.1, 0.15) is 28.8 Å². The highest BCUT2D eigenvalue weighted by Crippen LogP contribution is 2.31. The van der Waals surface area contributed by atoms with E-state index in [1.807, 2.05) is 6.07 Å². The van der Waals surface area contributed by atoms with Crippen molar-refractivity contribution in [3.63, 3.8) is 0 Å². The summed E-state index contributed by atoms with van der Waals surface area (Å²) in [7, 11) is 3.19. The van der Waals surface area contributed by atoms with Crippen molar-refractivity contribution < 1.29 is 14.3 Å². The summed E-state index contributed by atoms with van der Waals surface area (Å²) < 4.78 is 10.6. The lowest BCUT2D eigenvalue weighted by Gasteiger charge is -2.13. The van der Waals surface area contributed by atoms with Gasteiger partial charge in [-0.3, -0.25) is 4.79 Å². The maximum atomic E-state index is 12.3. The van der Waals surface area contributed by atoms with Crippen LogP contribution in [0.15, 0.2) is 24.3 Å². The van der Waals surface area contributed by atoms with E-state index in [4.69, 9.17) is 9.47 Å². The summed E-state index contributed by atoms with van der Waals surface area (Å²) >= 11 is 0. The predicted octanol–water partition coefficient (Wildman–Crippen LogP) is 3.47. The first kappa shape index (κ1) is 19.5. The summed E-state index contributed by atoms with van der Waals surface area (Å²) in [6.07, 6.45) is 3.16. The molecule has 0 unspecified atom stereocenters. The summed E-state index contributed by atoms with van der Waals surface area (Å²) in [5.41, 5.74) is 1.03. The Bertz CT molecular complexity index is 750. The van der Waals surface area contributed by atoms with Crippen molar-refractivity contribution in [1.29, 1.82) is 0 Å². The number of rotatable bonds is 9. The molecule has 1 amide bonds. The lowest BCUT2D eigenvalue weighted by molar-refractivity contribution is 0.0947. The van der Waals surface area contributed by atoms with E-state index in [0.29, 0.717) is 41.1 Å². The van der Waals surface area contributed by atoms with Crippen LogP contribution in [0.1, 0.15) is 42.5 Å². The zero-order valence-electron chi connectivity index (χ0n) is 15.8. The number of nitrogens with zero attached hydrogens (tertiary/aromatic N) is 2. The summed E-state index contributed by atoms with van der Waals surface area (Å²) in [6, 6.07) is 7.04. The third-order valence-corrected chi connectivity index (χ3v) is 3.81. The van der Waals surface area contributed by atoms with Crippen LogP contribution in [-0.4, -0.2) is 36.6 Å². The van der Waals surface area contributed by atoms with Gasteiger partial charge in [0.25, 0.3) is 5.91 Å². The molecule has 0 bridgehead atoms. The molecule has 0 spiro atoms. The second-order valence-corrected chi connectivity index (χ2v) is 5.84. The van der Waals surface area contributed by atoms with Crippen molar-refractivity contribution in [3.8, 4) is 11.5 Å². The third kappa shape index (κ3) is 5.34. The number of methoxy groups -OCH3 is 2. The summed E-state index contributed by atoms with van der Waals surface area (Å²) in [4.78, 5) is 20.9. The molecule has 2 rings (SSSR count). The molecule has 0 saturated heterocycles. The van der Waals surface area contributed by atoms with Crippen LogP contribution in [0, 0.1) is 6.92 Å². The average Bonchev–Trinajstić information content (AvgIpc) is 2.64. The number of aromatic nitrogens is 2. The first-order valence-electron chi connectivity index (χ1n) is 8.70. The molecule has 0 aliphatic heterocycles. The second kappa shape index (κ2) is 9.60. The van der Waals surface area contributed by atoms with Gasteiger partial charge >= 0.3 is 0 Å². The van der Waals surface area contributed by atoms with E-state index < -0.39 is 0 Å². The van der Waals surface area contributed by atoms with Crippen LogP contribution in [-0.2, 0) is 0 Å². The molecule has 0 aliphatic rings. The molecular weight excluding hydrogens is 332 g/mol. The second-order valence-electron chi connectivity index (χ2n) is 5.84. The molecule has 0 aliphatic carbocycles. The molecule has 1 heterocycles. The normalized spacial score (nSPS) is 10.3. The van der Waals surface area contributed by atoms with E-state index in [1.54, 1.807) is 39.3 Å². The highest BCUT2D eigenvalue weighted by atomic mass is 16.5. The number of anilines is 2. The van der Waals surface area contributed by atoms with E-state index in [-0.39, 0.29) is 5.91 Å². The van der Waals surface area contributed by atoms with Gasteiger partial charge in [-0.2, -0.15) is 0 Å². The van der Waals surface area contributed by atoms with E-state index in [9.17, 15) is 4.79 Å². The smallest absolute Gasteiger partial charge is 0.270 e. The Morgan fingerprint density at radius 2 is 1.92 bits per heavy atom. The number of amides is 1. The van der Waals surface area contributed by atoms with Crippen molar-refractivity contribution in [2.24, 2.45) is 0 Å². The molecule has 0 saturated carbocycles. The van der Waals surface area contributed by atoms with E-state index >= 15 is 0 Å². The number of carbonyl (C=O) groups excluding carboxylic acids is 1. The number of ether oxygens (including phenoxy) is 2. The fourth-order valence-electron chi connectivity index (χ4n) is 2.47. The van der Waals surface area contributed by atoms with E-state index in [2.05, 4.69) is 27.5 Å². The summed E-state index contributed by atoms with van der Waals surface area (Å²) in [6.45, 7) is 4.52. The first-order chi connectivity index (χ1) is 12.6. The van der Waals surface area contributed by atoms with E-state index in [0.717, 1.165) is 19.3 Å². The van der Waals surface area contributed by atoms with Gasteiger partial charge in [-0.15, -0.1) is 0 Å². The molecule has 2 N–H and O–H groups in total. The van der Waals surface area contributed by atoms with Gasteiger partial charge in [-0.05, 0) is 25.5 Å². The first-order valence-corrected chi connectivity index (χ1v) is 8.70. The number of hydrogen-bond acceptors (Lipinski definition) is 6. The van der Waals surface area contributed by atoms with Crippen LogP contribution >= 0.6 is 0 Å². The van der Waals surface area contributed by atoms with Gasteiger partial charge in [-0.25, -0.2) is 9.97 Å². The van der Waals surface area contributed by atoms with Crippen molar-refractivity contribution >= 4 is 17.4 Å². The average molecular weight is 358 g/mol. The molecule has 0 radical (unpaired) electrons. The number of carbonyl (C=O) groups is 1. The molecule has 7 nitrogen and oxygen atoms in total. The van der Waals surface area contributed by atoms with Crippen molar-refractivity contribution in [3.05, 3.63) is 35.8 Å². The highest BCUT2D eigenvalue weighted by Gasteiger charge is 2.12. The third-order valence-electron chi connectivity index (χ3n) is 3.81. The molecule has 0 atom stereocenters.